The van der Waals surface area contributed by atoms with Crippen molar-refractivity contribution in [2.45, 2.75) is 19.4 Å². The van der Waals surface area contributed by atoms with E-state index in [-0.39, 0.29) is 30.4 Å². The number of hydrogen-bond acceptors (Lipinski definition) is 3. The molecule has 1 aliphatic rings. The van der Waals surface area contributed by atoms with Gasteiger partial charge in [0.2, 0.25) is 5.91 Å². The number of carbonyl (C=O) groups is 2. The maximum atomic E-state index is 12.1. The number of piperazine rings is 1. The Labute approximate surface area is 150 Å². The third-order valence-corrected chi connectivity index (χ3v) is 4.08. The number of carbonyl (C=O) groups excluding carboxylic acids is 2. The first-order chi connectivity index (χ1) is 10.6. The molecule has 0 aromatic heterocycles. The minimum atomic E-state index is -0.302. The first kappa shape index (κ1) is 19.7. The van der Waals surface area contributed by atoms with E-state index in [1.54, 1.807) is 12.1 Å². The van der Waals surface area contributed by atoms with Crippen LogP contribution in [0.25, 0.3) is 0 Å². The van der Waals surface area contributed by atoms with Gasteiger partial charge in [0.05, 0.1) is 0 Å². The Morgan fingerprint density at radius 3 is 2.70 bits per heavy atom. The molecule has 0 saturated carbocycles. The molecule has 1 heterocycles. The molecule has 1 aromatic carbocycles. The van der Waals surface area contributed by atoms with Gasteiger partial charge in [-0.25, -0.2) is 4.79 Å². The Hall–Kier alpha value is -1.31. The summed E-state index contributed by atoms with van der Waals surface area (Å²) in [5.41, 5.74) is 0.711. The van der Waals surface area contributed by atoms with Gasteiger partial charge in [-0.05, 0) is 31.2 Å². The molecule has 0 radical (unpaired) electrons. The highest BCUT2D eigenvalue weighted by Crippen LogP contribution is 2.13. The molecule has 1 aromatic rings. The van der Waals surface area contributed by atoms with Gasteiger partial charge >= 0.3 is 6.03 Å². The molecule has 1 saturated heterocycles. The molecule has 0 bridgehead atoms. The van der Waals surface area contributed by atoms with Crippen molar-refractivity contribution in [1.29, 1.82) is 0 Å². The van der Waals surface area contributed by atoms with Gasteiger partial charge in [-0.2, -0.15) is 0 Å². The molecule has 128 valence electrons. The molecule has 23 heavy (non-hydrogen) atoms. The normalized spacial score (nSPS) is 17.1. The van der Waals surface area contributed by atoms with Crippen LogP contribution in [-0.2, 0) is 4.79 Å². The Kier molecular flexibility index (Phi) is 8.36. The van der Waals surface area contributed by atoms with Crippen LogP contribution in [0.5, 0.6) is 0 Å². The summed E-state index contributed by atoms with van der Waals surface area (Å²) in [6, 6.07) is 7.21. The summed E-state index contributed by atoms with van der Waals surface area (Å²) in [7, 11) is 0. The van der Waals surface area contributed by atoms with Crippen molar-refractivity contribution in [3.8, 4) is 0 Å². The van der Waals surface area contributed by atoms with E-state index in [0.29, 0.717) is 18.7 Å². The highest BCUT2D eigenvalue weighted by Gasteiger charge is 2.22. The average molecular weight is 406 g/mol. The number of urea groups is 1. The molecule has 1 fully saturated rings. The van der Waals surface area contributed by atoms with E-state index in [9.17, 15) is 9.59 Å². The number of nitrogens with zero attached hydrogens (tertiary/aromatic N) is 1. The van der Waals surface area contributed by atoms with Crippen molar-refractivity contribution in [2.24, 2.45) is 0 Å². The molecular weight excluding hydrogens is 384 g/mol. The van der Waals surface area contributed by atoms with Crippen LogP contribution in [0.3, 0.4) is 0 Å². The third kappa shape index (κ3) is 6.37. The minimum Gasteiger partial charge on any atom is -0.337 e. The van der Waals surface area contributed by atoms with E-state index in [4.69, 9.17) is 0 Å². The molecule has 1 atom stereocenters. The lowest BCUT2D eigenvalue weighted by atomic mass is 10.2. The van der Waals surface area contributed by atoms with Crippen molar-refractivity contribution in [2.75, 3.05) is 31.5 Å². The molecule has 1 aliphatic heterocycles. The molecule has 6 nitrogen and oxygen atoms in total. The molecule has 3 N–H and O–H groups in total. The van der Waals surface area contributed by atoms with Gasteiger partial charge in [0, 0.05) is 48.8 Å². The van der Waals surface area contributed by atoms with E-state index in [2.05, 4.69) is 31.9 Å². The second-order valence-corrected chi connectivity index (χ2v) is 6.19. The van der Waals surface area contributed by atoms with E-state index in [0.717, 1.165) is 24.1 Å². The fourth-order valence-electron chi connectivity index (χ4n) is 2.35. The summed E-state index contributed by atoms with van der Waals surface area (Å²) in [5, 5.41) is 8.68. The Balaban J connectivity index is 0.00000264. The molecular formula is C15H22BrClN4O2. The van der Waals surface area contributed by atoms with Gasteiger partial charge in [0.15, 0.2) is 0 Å². The fourth-order valence-corrected chi connectivity index (χ4v) is 2.61. The van der Waals surface area contributed by atoms with Crippen molar-refractivity contribution in [3.05, 3.63) is 28.7 Å². The van der Waals surface area contributed by atoms with Crippen LogP contribution >= 0.6 is 28.3 Å². The zero-order valence-electron chi connectivity index (χ0n) is 13.0. The maximum Gasteiger partial charge on any atom is 0.319 e. The van der Waals surface area contributed by atoms with Crippen LogP contribution in [0.4, 0.5) is 10.5 Å². The summed E-state index contributed by atoms with van der Waals surface area (Å²) in [6.45, 7) is 4.73. The first-order valence-corrected chi connectivity index (χ1v) is 8.16. The number of anilines is 1. The lowest BCUT2D eigenvalue weighted by molar-refractivity contribution is -0.133. The number of amides is 3. The summed E-state index contributed by atoms with van der Waals surface area (Å²) in [6.07, 6.45) is 0.318. The van der Waals surface area contributed by atoms with Crippen LogP contribution in [0.15, 0.2) is 28.7 Å². The topological polar surface area (TPSA) is 73.5 Å². The average Bonchev–Trinajstić information content (AvgIpc) is 2.50. The zero-order chi connectivity index (χ0) is 15.9. The Morgan fingerprint density at radius 2 is 2.04 bits per heavy atom. The Bertz CT molecular complexity index is 527. The molecule has 0 spiro atoms. The Morgan fingerprint density at radius 1 is 1.35 bits per heavy atom. The van der Waals surface area contributed by atoms with E-state index in [1.165, 1.54) is 0 Å². The standard InChI is InChI=1S/C15H21BrN4O2.ClH/c1-11-10-17-8-9-20(11)14(21)6-7-18-15(22)19-13-4-2-12(16)3-5-13;/h2-5,11,17H,6-10H2,1H3,(H2,18,19,22);1H/t11-;/m1./s1. The van der Waals surface area contributed by atoms with Crippen molar-refractivity contribution in [3.63, 3.8) is 0 Å². The molecule has 2 rings (SSSR count). The second-order valence-electron chi connectivity index (χ2n) is 5.28. The van der Waals surface area contributed by atoms with Crippen molar-refractivity contribution >= 4 is 46.0 Å². The summed E-state index contributed by atoms with van der Waals surface area (Å²) < 4.78 is 0.953. The summed E-state index contributed by atoms with van der Waals surface area (Å²) in [4.78, 5) is 25.7. The van der Waals surface area contributed by atoms with Gasteiger partial charge < -0.3 is 20.9 Å². The van der Waals surface area contributed by atoms with Crippen LogP contribution in [-0.4, -0.2) is 49.1 Å². The van der Waals surface area contributed by atoms with Crippen LogP contribution in [0, 0.1) is 0 Å². The van der Waals surface area contributed by atoms with Crippen molar-refractivity contribution < 1.29 is 9.59 Å². The minimum absolute atomic E-state index is 0. The monoisotopic (exact) mass is 404 g/mol. The van der Waals surface area contributed by atoms with Crippen LogP contribution in [0.2, 0.25) is 0 Å². The first-order valence-electron chi connectivity index (χ1n) is 7.37. The maximum absolute atomic E-state index is 12.1. The lowest BCUT2D eigenvalue weighted by Gasteiger charge is -2.34. The van der Waals surface area contributed by atoms with Gasteiger partial charge in [0.25, 0.3) is 0 Å². The van der Waals surface area contributed by atoms with Gasteiger partial charge in [-0.3, -0.25) is 4.79 Å². The molecule has 0 unspecified atom stereocenters. The quantitative estimate of drug-likeness (QED) is 0.719. The third-order valence-electron chi connectivity index (χ3n) is 3.55. The summed E-state index contributed by atoms with van der Waals surface area (Å²) >= 11 is 3.34. The van der Waals surface area contributed by atoms with Gasteiger partial charge in [-0.15, -0.1) is 12.4 Å². The SMILES string of the molecule is C[C@@H]1CNCCN1C(=O)CCNC(=O)Nc1ccc(Br)cc1.Cl. The number of benzene rings is 1. The highest BCUT2D eigenvalue weighted by molar-refractivity contribution is 9.10. The zero-order valence-corrected chi connectivity index (χ0v) is 15.4. The van der Waals surface area contributed by atoms with E-state index >= 15 is 0 Å². The molecule has 8 heteroatoms. The number of nitrogens with one attached hydrogen (secondary N) is 3. The number of rotatable bonds is 4. The predicted molar refractivity (Wildman–Crippen MR) is 97.1 cm³/mol. The second kappa shape index (κ2) is 9.75. The summed E-state index contributed by atoms with van der Waals surface area (Å²) in [5.74, 6) is 0.0814. The molecule has 3 amide bonds. The molecule has 0 aliphatic carbocycles. The van der Waals surface area contributed by atoms with Crippen molar-refractivity contribution in [1.82, 2.24) is 15.5 Å². The number of hydrogen-bond donors (Lipinski definition) is 3. The predicted octanol–water partition coefficient (Wildman–Crippen LogP) is 2.20. The number of halogens is 2. The van der Waals surface area contributed by atoms with Crippen LogP contribution in [0.1, 0.15) is 13.3 Å². The largest absolute Gasteiger partial charge is 0.337 e. The highest BCUT2D eigenvalue weighted by atomic mass is 79.9. The smallest absolute Gasteiger partial charge is 0.319 e. The van der Waals surface area contributed by atoms with E-state index < -0.39 is 0 Å². The van der Waals surface area contributed by atoms with Gasteiger partial charge in [0.1, 0.15) is 0 Å². The van der Waals surface area contributed by atoms with E-state index in [1.807, 2.05) is 24.0 Å². The fraction of sp³-hybridized carbons (Fsp3) is 0.467. The lowest BCUT2D eigenvalue weighted by Crippen LogP contribution is -2.52. The van der Waals surface area contributed by atoms with Gasteiger partial charge in [-0.1, -0.05) is 15.9 Å². The van der Waals surface area contributed by atoms with Crippen LogP contribution < -0.4 is 16.0 Å².